The smallest absolute Gasteiger partial charge is 0.228 e. The van der Waals surface area contributed by atoms with Crippen LogP contribution in [-0.4, -0.2) is 41.9 Å². The minimum Gasteiger partial charge on any atom is -0.494 e. The van der Waals surface area contributed by atoms with Crippen molar-refractivity contribution in [1.29, 1.82) is 0 Å². The monoisotopic (exact) mass is 480 g/mol. The van der Waals surface area contributed by atoms with Crippen LogP contribution < -0.4 is 4.74 Å². The lowest BCUT2D eigenvalue weighted by Crippen LogP contribution is -2.25. The number of imidazole rings is 1. The van der Waals surface area contributed by atoms with Gasteiger partial charge in [0.25, 0.3) is 0 Å². The van der Waals surface area contributed by atoms with Crippen LogP contribution in [0.25, 0.3) is 5.69 Å². The first kappa shape index (κ1) is 26.3. The summed E-state index contributed by atoms with van der Waals surface area (Å²) in [5.41, 5.74) is 2.10. The summed E-state index contributed by atoms with van der Waals surface area (Å²) in [6.45, 7) is 2.43. The fraction of sp³-hybridized carbons (Fsp3) is 0.464. The number of rotatable bonds is 15. The van der Waals surface area contributed by atoms with Gasteiger partial charge in [0.05, 0.1) is 27.2 Å². The predicted molar refractivity (Wildman–Crippen MR) is 134 cm³/mol. The topological polar surface area (TPSA) is 79.7 Å². The van der Waals surface area contributed by atoms with Crippen LogP contribution in [0.3, 0.4) is 0 Å². The van der Waals surface area contributed by atoms with E-state index in [1.165, 1.54) is 33.5 Å². The van der Waals surface area contributed by atoms with Gasteiger partial charge in [-0.25, -0.2) is 4.98 Å². The van der Waals surface area contributed by atoms with Crippen molar-refractivity contribution in [1.82, 2.24) is 9.55 Å². The van der Waals surface area contributed by atoms with E-state index in [-0.39, 0.29) is 23.1 Å². The van der Waals surface area contributed by atoms with Gasteiger partial charge < -0.3 is 18.8 Å². The minimum absolute atomic E-state index is 0.00710. The van der Waals surface area contributed by atoms with Gasteiger partial charge in [0.15, 0.2) is 0 Å². The van der Waals surface area contributed by atoms with E-state index in [4.69, 9.17) is 14.2 Å². The average Bonchev–Trinajstić information content (AvgIpc) is 3.41. The third kappa shape index (κ3) is 7.07. The number of Topliss-reactive ketones (excluding diaryl/α,β-unsaturated/α-hetero) is 2. The molecule has 188 valence electrons. The van der Waals surface area contributed by atoms with E-state index >= 15 is 0 Å². The number of carbonyl (C=O) groups excluding carboxylic acids is 2. The van der Waals surface area contributed by atoms with Crippen LogP contribution in [0.5, 0.6) is 5.75 Å². The third-order valence-electron chi connectivity index (χ3n) is 6.32. The molecule has 0 saturated heterocycles. The summed E-state index contributed by atoms with van der Waals surface area (Å²) >= 11 is 0. The third-order valence-corrected chi connectivity index (χ3v) is 6.32. The summed E-state index contributed by atoms with van der Waals surface area (Å²) in [7, 11) is 2.78. The van der Waals surface area contributed by atoms with E-state index in [2.05, 4.69) is 4.98 Å². The van der Waals surface area contributed by atoms with Gasteiger partial charge in [0.1, 0.15) is 5.75 Å². The van der Waals surface area contributed by atoms with Crippen molar-refractivity contribution < 1.29 is 23.8 Å². The molecule has 0 radical (unpaired) electrons. The van der Waals surface area contributed by atoms with E-state index in [1.54, 1.807) is 19.4 Å². The highest BCUT2D eigenvalue weighted by atomic mass is 16.5. The van der Waals surface area contributed by atoms with E-state index in [9.17, 15) is 9.59 Å². The lowest BCUT2D eigenvalue weighted by Gasteiger charge is -2.20. The van der Waals surface area contributed by atoms with Crippen LogP contribution in [0.15, 0.2) is 65.7 Å². The number of allylic oxidation sites excluding steroid dienone is 2. The lowest BCUT2D eigenvalue weighted by molar-refractivity contribution is -0.121. The van der Waals surface area contributed by atoms with Crippen molar-refractivity contribution in [2.24, 2.45) is 0 Å². The van der Waals surface area contributed by atoms with E-state index in [0.717, 1.165) is 50.1 Å². The van der Waals surface area contributed by atoms with Crippen molar-refractivity contribution in [3.05, 3.63) is 65.7 Å². The van der Waals surface area contributed by atoms with Crippen LogP contribution in [0, 0.1) is 0 Å². The molecule has 0 unspecified atom stereocenters. The van der Waals surface area contributed by atoms with Gasteiger partial charge in [0.2, 0.25) is 23.1 Å². The summed E-state index contributed by atoms with van der Waals surface area (Å²) in [5, 5.41) is 0. The number of nitrogens with zero attached hydrogens (tertiary/aromatic N) is 2. The zero-order chi connectivity index (χ0) is 25.0. The quantitative estimate of drug-likeness (QED) is 0.239. The highest BCUT2D eigenvalue weighted by molar-refractivity contribution is 6.23. The molecular weight excluding hydrogens is 444 g/mol. The Labute approximate surface area is 207 Å². The molecule has 0 amide bonds. The van der Waals surface area contributed by atoms with Gasteiger partial charge in [-0.15, -0.1) is 0 Å². The molecule has 0 N–H and O–H groups in total. The zero-order valence-electron chi connectivity index (χ0n) is 21.0. The molecule has 35 heavy (non-hydrogen) atoms. The molecule has 0 bridgehead atoms. The van der Waals surface area contributed by atoms with Crippen molar-refractivity contribution in [2.75, 3.05) is 20.8 Å². The van der Waals surface area contributed by atoms with E-state index in [0.29, 0.717) is 17.6 Å². The summed E-state index contributed by atoms with van der Waals surface area (Å²) in [6, 6.07) is 8.04. The summed E-state index contributed by atoms with van der Waals surface area (Å²) in [4.78, 5) is 29.1. The van der Waals surface area contributed by atoms with E-state index in [1.807, 2.05) is 35.0 Å². The maximum atomic E-state index is 12.6. The Hall–Kier alpha value is -3.35. The largest absolute Gasteiger partial charge is 0.494 e. The summed E-state index contributed by atoms with van der Waals surface area (Å²) in [5.74, 6) is 0.442. The Morgan fingerprint density at radius 1 is 0.800 bits per heavy atom. The Bertz CT molecular complexity index is 1040. The molecule has 1 aliphatic carbocycles. The molecule has 7 nitrogen and oxygen atoms in total. The SMILES string of the molecule is COC1=C(OC)C(=O)C(CCCCCCCCCCOc2ccc(-n3ccnc3)cc2)=C(C)C1=O. The molecule has 1 aromatic carbocycles. The van der Waals surface area contributed by atoms with Gasteiger partial charge in [-0.2, -0.15) is 0 Å². The Morgan fingerprint density at radius 3 is 2.00 bits per heavy atom. The second-order valence-corrected chi connectivity index (χ2v) is 8.72. The molecule has 2 aromatic rings. The van der Waals surface area contributed by atoms with Gasteiger partial charge in [0, 0.05) is 29.2 Å². The number of aromatic nitrogens is 2. The summed E-state index contributed by atoms with van der Waals surface area (Å²) < 4.78 is 18.0. The number of methoxy groups -OCH3 is 2. The highest BCUT2D eigenvalue weighted by Crippen LogP contribution is 2.29. The number of carbonyl (C=O) groups is 2. The first-order valence-electron chi connectivity index (χ1n) is 12.4. The van der Waals surface area contributed by atoms with Crippen LogP contribution >= 0.6 is 0 Å². The highest BCUT2D eigenvalue weighted by Gasteiger charge is 2.34. The van der Waals surface area contributed by atoms with Crippen LogP contribution in [0.4, 0.5) is 0 Å². The summed E-state index contributed by atoms with van der Waals surface area (Å²) in [6.07, 6.45) is 14.9. The second kappa shape index (κ2) is 13.5. The predicted octanol–water partition coefficient (Wildman–Crippen LogP) is 5.73. The van der Waals surface area contributed by atoms with Crippen LogP contribution in [0.2, 0.25) is 0 Å². The molecule has 7 heteroatoms. The number of ketones is 2. The fourth-order valence-electron chi connectivity index (χ4n) is 4.27. The fourth-order valence-corrected chi connectivity index (χ4v) is 4.27. The Kier molecular flexibility index (Phi) is 10.1. The van der Waals surface area contributed by atoms with Crippen molar-refractivity contribution in [2.45, 2.75) is 64.7 Å². The molecule has 0 aliphatic heterocycles. The number of unbranched alkanes of at least 4 members (excludes halogenated alkanes) is 7. The van der Waals surface area contributed by atoms with Gasteiger partial charge in [-0.1, -0.05) is 38.5 Å². The van der Waals surface area contributed by atoms with Crippen molar-refractivity contribution >= 4 is 11.6 Å². The molecule has 0 fully saturated rings. The maximum Gasteiger partial charge on any atom is 0.228 e. The normalized spacial score (nSPS) is 14.0. The first-order chi connectivity index (χ1) is 17.1. The van der Waals surface area contributed by atoms with Crippen molar-refractivity contribution in [3.8, 4) is 11.4 Å². The molecule has 3 rings (SSSR count). The number of hydrogen-bond acceptors (Lipinski definition) is 6. The van der Waals surface area contributed by atoms with Crippen LogP contribution in [0.1, 0.15) is 64.7 Å². The number of ether oxygens (including phenoxy) is 3. The molecule has 1 aromatic heterocycles. The molecule has 0 atom stereocenters. The number of hydrogen-bond donors (Lipinski definition) is 0. The van der Waals surface area contributed by atoms with Crippen molar-refractivity contribution in [3.63, 3.8) is 0 Å². The Morgan fingerprint density at radius 2 is 1.40 bits per heavy atom. The van der Waals surface area contributed by atoms with Gasteiger partial charge in [-0.05, 0) is 50.5 Å². The molecule has 1 heterocycles. The zero-order valence-corrected chi connectivity index (χ0v) is 21.0. The molecule has 0 saturated carbocycles. The molecule has 1 aliphatic rings. The maximum absolute atomic E-state index is 12.6. The first-order valence-corrected chi connectivity index (χ1v) is 12.4. The number of benzene rings is 1. The lowest BCUT2D eigenvalue weighted by atomic mass is 9.89. The Balaban J connectivity index is 1.23. The van der Waals surface area contributed by atoms with E-state index < -0.39 is 0 Å². The van der Waals surface area contributed by atoms with Crippen LogP contribution in [-0.2, 0) is 19.1 Å². The molecular formula is C28H36N2O5. The van der Waals surface area contributed by atoms with Gasteiger partial charge >= 0.3 is 0 Å². The average molecular weight is 481 g/mol. The second-order valence-electron chi connectivity index (χ2n) is 8.72. The minimum atomic E-state index is -0.255. The van der Waals surface area contributed by atoms with Gasteiger partial charge in [-0.3, -0.25) is 9.59 Å². The standard InChI is InChI=1S/C28H36N2O5/c1-21-24(26(32)28(34-3)27(33-2)25(21)31)12-10-8-6-4-5-7-9-11-19-35-23-15-13-22(14-16-23)30-18-17-29-20-30/h13-18,20H,4-12,19H2,1-3H3. The molecule has 0 spiro atoms.